The van der Waals surface area contributed by atoms with E-state index in [9.17, 15) is 0 Å². The number of hydrogen-bond acceptors (Lipinski definition) is 2. The van der Waals surface area contributed by atoms with E-state index in [1.165, 1.54) is 10.3 Å². The van der Waals surface area contributed by atoms with Crippen molar-refractivity contribution < 1.29 is 0 Å². The summed E-state index contributed by atoms with van der Waals surface area (Å²) in [5, 5.41) is 1.29. The molecular formula is C17H16ClNS. The Morgan fingerprint density at radius 3 is 2.55 bits per heavy atom. The summed E-state index contributed by atoms with van der Waals surface area (Å²) in [6, 6.07) is 18.8. The minimum Gasteiger partial charge on any atom is -0.241 e. The maximum absolute atomic E-state index is 6.46. The van der Waals surface area contributed by atoms with Crippen molar-refractivity contribution in [1.29, 1.82) is 0 Å². The van der Waals surface area contributed by atoms with Gasteiger partial charge in [0.2, 0.25) is 0 Å². The van der Waals surface area contributed by atoms with Gasteiger partial charge in [-0.15, -0.1) is 22.9 Å². The van der Waals surface area contributed by atoms with Gasteiger partial charge >= 0.3 is 0 Å². The van der Waals surface area contributed by atoms with Gasteiger partial charge in [0.15, 0.2) is 0 Å². The monoisotopic (exact) mass is 301 g/mol. The number of thiazole rings is 1. The van der Waals surface area contributed by atoms with Crippen molar-refractivity contribution in [3.8, 4) is 0 Å². The third-order valence-corrected chi connectivity index (χ3v) is 4.75. The van der Waals surface area contributed by atoms with Crippen LogP contribution in [0.1, 0.15) is 17.0 Å². The molecule has 0 spiro atoms. The van der Waals surface area contributed by atoms with E-state index in [1.807, 2.05) is 12.1 Å². The number of aromatic nitrogens is 1. The third-order valence-electron chi connectivity index (χ3n) is 3.32. The van der Waals surface area contributed by atoms with Crippen LogP contribution in [0.4, 0.5) is 0 Å². The van der Waals surface area contributed by atoms with Crippen LogP contribution in [0.2, 0.25) is 0 Å². The molecule has 1 aromatic heterocycles. The van der Waals surface area contributed by atoms with E-state index in [0.29, 0.717) is 0 Å². The smallest absolute Gasteiger partial charge is 0.0953 e. The molecule has 0 amide bonds. The summed E-state index contributed by atoms with van der Waals surface area (Å²) in [7, 11) is 0. The first kappa shape index (κ1) is 13.6. The van der Waals surface area contributed by atoms with Gasteiger partial charge in [0.25, 0.3) is 0 Å². The largest absolute Gasteiger partial charge is 0.241 e. The summed E-state index contributed by atoms with van der Waals surface area (Å²) < 4.78 is 1.24. The SMILES string of the molecule is ClC(CCc1ccccc1)Cc1nc2ccccc2s1. The molecule has 0 radical (unpaired) electrons. The highest BCUT2D eigenvalue weighted by molar-refractivity contribution is 7.18. The number of aryl methyl sites for hydroxylation is 1. The fraction of sp³-hybridized carbons (Fsp3) is 0.235. The third kappa shape index (κ3) is 3.38. The van der Waals surface area contributed by atoms with Crippen LogP contribution >= 0.6 is 22.9 Å². The van der Waals surface area contributed by atoms with Crippen LogP contribution < -0.4 is 0 Å². The Kier molecular flexibility index (Phi) is 4.34. The lowest BCUT2D eigenvalue weighted by molar-refractivity contribution is 0.741. The van der Waals surface area contributed by atoms with E-state index < -0.39 is 0 Å². The summed E-state index contributed by atoms with van der Waals surface area (Å²) in [5.74, 6) is 0. The Labute approximate surface area is 128 Å². The second-order valence-electron chi connectivity index (χ2n) is 4.90. The van der Waals surface area contributed by atoms with E-state index in [-0.39, 0.29) is 5.38 Å². The van der Waals surface area contributed by atoms with Crippen molar-refractivity contribution in [2.75, 3.05) is 0 Å². The summed E-state index contributed by atoms with van der Waals surface area (Å²) in [6.45, 7) is 0. The average molecular weight is 302 g/mol. The van der Waals surface area contributed by atoms with Gasteiger partial charge in [-0.05, 0) is 30.5 Å². The highest BCUT2D eigenvalue weighted by Gasteiger charge is 2.10. The van der Waals surface area contributed by atoms with Crippen molar-refractivity contribution >= 4 is 33.2 Å². The van der Waals surface area contributed by atoms with Gasteiger partial charge in [0.05, 0.1) is 15.2 Å². The quantitative estimate of drug-likeness (QED) is 0.599. The van der Waals surface area contributed by atoms with Gasteiger partial charge in [0.1, 0.15) is 0 Å². The molecule has 2 aromatic carbocycles. The lowest BCUT2D eigenvalue weighted by Crippen LogP contribution is -2.04. The minimum atomic E-state index is 0.149. The molecule has 1 heterocycles. The topological polar surface area (TPSA) is 12.9 Å². The van der Waals surface area contributed by atoms with E-state index in [0.717, 1.165) is 29.8 Å². The molecule has 3 rings (SSSR count). The number of alkyl halides is 1. The highest BCUT2D eigenvalue weighted by Crippen LogP contribution is 2.24. The molecule has 102 valence electrons. The predicted molar refractivity (Wildman–Crippen MR) is 87.7 cm³/mol. The van der Waals surface area contributed by atoms with Gasteiger partial charge in [-0.2, -0.15) is 0 Å². The Balaban J connectivity index is 1.59. The lowest BCUT2D eigenvalue weighted by Gasteiger charge is -2.07. The zero-order valence-corrected chi connectivity index (χ0v) is 12.7. The van der Waals surface area contributed by atoms with Crippen molar-refractivity contribution in [3.05, 3.63) is 65.2 Å². The number of benzene rings is 2. The first-order valence-corrected chi connectivity index (χ1v) is 8.09. The normalized spacial score (nSPS) is 12.7. The molecular weight excluding hydrogens is 286 g/mol. The molecule has 0 aliphatic heterocycles. The fourth-order valence-electron chi connectivity index (χ4n) is 2.27. The van der Waals surface area contributed by atoms with Crippen molar-refractivity contribution in [1.82, 2.24) is 4.98 Å². The fourth-order valence-corrected chi connectivity index (χ4v) is 3.66. The maximum Gasteiger partial charge on any atom is 0.0953 e. The molecule has 0 saturated heterocycles. The molecule has 0 aliphatic carbocycles. The molecule has 20 heavy (non-hydrogen) atoms. The second-order valence-corrected chi connectivity index (χ2v) is 6.63. The Bertz CT molecular complexity index is 645. The molecule has 1 atom stereocenters. The van der Waals surface area contributed by atoms with E-state index >= 15 is 0 Å². The Hall–Kier alpha value is -1.38. The molecule has 0 aliphatic rings. The standard InChI is InChI=1S/C17H16ClNS/c18-14(11-10-13-6-2-1-3-7-13)12-17-19-15-8-4-5-9-16(15)20-17/h1-9,14H,10-12H2. The van der Waals surface area contributed by atoms with E-state index in [2.05, 4.69) is 47.4 Å². The number of nitrogens with zero attached hydrogens (tertiary/aromatic N) is 1. The van der Waals surface area contributed by atoms with Crippen LogP contribution in [0, 0.1) is 0 Å². The Morgan fingerprint density at radius 2 is 1.75 bits per heavy atom. The Morgan fingerprint density at radius 1 is 1.00 bits per heavy atom. The molecule has 0 bridgehead atoms. The number of para-hydroxylation sites is 1. The molecule has 3 heteroatoms. The summed E-state index contributed by atoms with van der Waals surface area (Å²) >= 11 is 8.21. The lowest BCUT2D eigenvalue weighted by atomic mass is 10.1. The van der Waals surface area contributed by atoms with E-state index in [1.54, 1.807) is 11.3 Å². The molecule has 0 fully saturated rings. The van der Waals surface area contributed by atoms with Crippen molar-refractivity contribution in [2.45, 2.75) is 24.6 Å². The van der Waals surface area contributed by atoms with Crippen LogP contribution in [-0.4, -0.2) is 10.4 Å². The molecule has 3 aromatic rings. The number of halogens is 1. The second kappa shape index (κ2) is 6.38. The number of fused-ring (bicyclic) bond motifs is 1. The van der Waals surface area contributed by atoms with Gasteiger partial charge in [-0.3, -0.25) is 0 Å². The summed E-state index contributed by atoms with van der Waals surface area (Å²) in [5.41, 5.74) is 2.43. The predicted octanol–water partition coefficient (Wildman–Crippen LogP) is 5.08. The van der Waals surface area contributed by atoms with Gasteiger partial charge in [-0.25, -0.2) is 4.98 Å². The first-order chi connectivity index (χ1) is 9.81. The number of rotatable bonds is 5. The van der Waals surface area contributed by atoms with E-state index in [4.69, 9.17) is 11.6 Å². The first-order valence-electron chi connectivity index (χ1n) is 6.84. The van der Waals surface area contributed by atoms with Gasteiger partial charge in [-0.1, -0.05) is 42.5 Å². The van der Waals surface area contributed by atoms with Crippen LogP contribution in [0.25, 0.3) is 10.2 Å². The van der Waals surface area contributed by atoms with Crippen LogP contribution in [0.5, 0.6) is 0 Å². The minimum absolute atomic E-state index is 0.149. The van der Waals surface area contributed by atoms with Crippen LogP contribution in [0.15, 0.2) is 54.6 Å². The summed E-state index contributed by atoms with van der Waals surface area (Å²) in [6.07, 6.45) is 2.87. The highest BCUT2D eigenvalue weighted by atomic mass is 35.5. The van der Waals surface area contributed by atoms with Gasteiger partial charge in [0, 0.05) is 11.8 Å². The molecule has 0 N–H and O–H groups in total. The zero-order chi connectivity index (χ0) is 13.8. The van der Waals surface area contributed by atoms with Gasteiger partial charge < -0.3 is 0 Å². The van der Waals surface area contributed by atoms with Crippen molar-refractivity contribution in [2.24, 2.45) is 0 Å². The molecule has 0 saturated carbocycles. The summed E-state index contributed by atoms with van der Waals surface area (Å²) in [4.78, 5) is 4.64. The van der Waals surface area contributed by atoms with Crippen LogP contribution in [-0.2, 0) is 12.8 Å². The average Bonchev–Trinajstić information content (AvgIpc) is 2.88. The number of hydrogen-bond donors (Lipinski definition) is 0. The van der Waals surface area contributed by atoms with Crippen LogP contribution in [0.3, 0.4) is 0 Å². The molecule has 1 unspecified atom stereocenters. The van der Waals surface area contributed by atoms with Crippen molar-refractivity contribution in [3.63, 3.8) is 0 Å². The zero-order valence-electron chi connectivity index (χ0n) is 11.1. The molecule has 1 nitrogen and oxygen atoms in total. The maximum atomic E-state index is 6.46.